The predicted octanol–water partition coefficient (Wildman–Crippen LogP) is 3.94. The summed E-state index contributed by atoms with van der Waals surface area (Å²) in [5.41, 5.74) is 7.51. The van der Waals surface area contributed by atoms with Crippen LogP contribution >= 0.6 is 15.9 Å². The molecule has 0 amide bonds. The van der Waals surface area contributed by atoms with Gasteiger partial charge in [0.2, 0.25) is 0 Å². The summed E-state index contributed by atoms with van der Waals surface area (Å²) in [5, 5.41) is 0. The first-order valence-electron chi connectivity index (χ1n) is 6.94. The maximum atomic E-state index is 13.3. The molecular weight excluding hydrogens is 309 g/mol. The van der Waals surface area contributed by atoms with E-state index in [-0.39, 0.29) is 17.5 Å². The van der Waals surface area contributed by atoms with Gasteiger partial charge in [-0.25, -0.2) is 4.39 Å². The minimum Gasteiger partial charge on any atom is -0.375 e. The maximum absolute atomic E-state index is 13.3. The third kappa shape index (κ3) is 2.58. The minimum absolute atomic E-state index is 0.0294. The van der Waals surface area contributed by atoms with E-state index in [1.54, 1.807) is 6.07 Å². The SMILES string of the molecule is NC(c1ccc(F)c(Br)c1)C1CCOC2(CCC2)C1. The van der Waals surface area contributed by atoms with E-state index in [1.165, 1.54) is 25.3 Å². The second-order valence-corrected chi connectivity index (χ2v) is 6.69. The quantitative estimate of drug-likeness (QED) is 0.892. The van der Waals surface area contributed by atoms with Crippen LogP contribution in [0.4, 0.5) is 4.39 Å². The summed E-state index contributed by atoms with van der Waals surface area (Å²) < 4.78 is 19.7. The Morgan fingerprint density at radius 2 is 2.21 bits per heavy atom. The Hall–Kier alpha value is -0.450. The molecule has 0 radical (unpaired) electrons. The average molecular weight is 328 g/mol. The molecule has 1 aromatic carbocycles. The lowest BCUT2D eigenvalue weighted by Gasteiger charge is -2.48. The standard InChI is InChI=1S/C15H19BrFNO/c16-12-8-10(2-3-13(12)17)14(18)11-4-7-19-15(9-11)5-1-6-15/h2-3,8,11,14H,1,4-7,9,18H2. The number of benzene rings is 1. The first kappa shape index (κ1) is 13.5. The second-order valence-electron chi connectivity index (χ2n) is 5.84. The fourth-order valence-electron chi connectivity index (χ4n) is 3.28. The summed E-state index contributed by atoms with van der Waals surface area (Å²) >= 11 is 3.23. The maximum Gasteiger partial charge on any atom is 0.137 e. The average Bonchev–Trinajstić information content (AvgIpc) is 2.39. The van der Waals surface area contributed by atoms with Gasteiger partial charge in [0.15, 0.2) is 0 Å². The van der Waals surface area contributed by atoms with Gasteiger partial charge in [0.05, 0.1) is 10.1 Å². The van der Waals surface area contributed by atoms with E-state index in [9.17, 15) is 4.39 Å². The van der Waals surface area contributed by atoms with Gasteiger partial charge < -0.3 is 10.5 Å². The number of halogens is 2. The zero-order valence-electron chi connectivity index (χ0n) is 10.9. The molecule has 0 aromatic heterocycles. The Bertz CT molecular complexity index is 475. The molecule has 4 heteroatoms. The van der Waals surface area contributed by atoms with E-state index >= 15 is 0 Å². The summed E-state index contributed by atoms with van der Waals surface area (Å²) in [6.45, 7) is 0.806. The van der Waals surface area contributed by atoms with Crippen LogP contribution in [0, 0.1) is 11.7 Å². The van der Waals surface area contributed by atoms with E-state index in [2.05, 4.69) is 15.9 Å². The second kappa shape index (κ2) is 5.15. The molecule has 2 aliphatic rings. The van der Waals surface area contributed by atoms with Crippen LogP contribution in [0.1, 0.15) is 43.7 Å². The molecule has 2 fully saturated rings. The molecule has 2 atom stereocenters. The number of nitrogens with two attached hydrogens (primary N) is 1. The van der Waals surface area contributed by atoms with Crippen LogP contribution < -0.4 is 5.73 Å². The minimum atomic E-state index is -0.238. The van der Waals surface area contributed by atoms with Crippen LogP contribution in [0.5, 0.6) is 0 Å². The van der Waals surface area contributed by atoms with E-state index in [1.807, 2.05) is 6.07 Å². The van der Waals surface area contributed by atoms with E-state index < -0.39 is 0 Å². The zero-order valence-corrected chi connectivity index (χ0v) is 12.5. The fraction of sp³-hybridized carbons (Fsp3) is 0.600. The Kier molecular flexibility index (Phi) is 3.67. The van der Waals surface area contributed by atoms with E-state index in [0.29, 0.717) is 10.4 Å². The molecule has 1 saturated carbocycles. The number of hydrogen-bond donors (Lipinski definition) is 1. The topological polar surface area (TPSA) is 35.2 Å². The zero-order chi connectivity index (χ0) is 13.5. The Morgan fingerprint density at radius 1 is 1.42 bits per heavy atom. The molecule has 0 bridgehead atoms. The third-order valence-electron chi connectivity index (χ3n) is 4.63. The molecule has 1 saturated heterocycles. The molecule has 1 aliphatic carbocycles. The van der Waals surface area contributed by atoms with Gasteiger partial charge in [-0.2, -0.15) is 0 Å². The summed E-state index contributed by atoms with van der Waals surface area (Å²) in [4.78, 5) is 0. The van der Waals surface area contributed by atoms with Crippen molar-refractivity contribution >= 4 is 15.9 Å². The van der Waals surface area contributed by atoms with Crippen LogP contribution in [0.15, 0.2) is 22.7 Å². The van der Waals surface area contributed by atoms with Crippen LogP contribution in [0.2, 0.25) is 0 Å². The van der Waals surface area contributed by atoms with Crippen molar-refractivity contribution in [2.45, 2.75) is 43.7 Å². The van der Waals surface area contributed by atoms with Gasteiger partial charge in [-0.15, -0.1) is 0 Å². The van der Waals surface area contributed by atoms with Crippen molar-refractivity contribution in [3.63, 3.8) is 0 Å². The Morgan fingerprint density at radius 3 is 2.84 bits per heavy atom. The molecule has 3 rings (SSSR count). The largest absolute Gasteiger partial charge is 0.375 e. The van der Waals surface area contributed by atoms with Crippen molar-refractivity contribution in [3.05, 3.63) is 34.1 Å². The Labute approximate surface area is 121 Å². The molecule has 1 spiro atoms. The number of rotatable bonds is 2. The van der Waals surface area contributed by atoms with Gasteiger partial charge in [0, 0.05) is 12.6 Å². The predicted molar refractivity (Wildman–Crippen MR) is 76.3 cm³/mol. The summed E-state index contributed by atoms with van der Waals surface area (Å²) in [6.07, 6.45) is 5.65. The lowest BCUT2D eigenvalue weighted by atomic mass is 9.70. The van der Waals surface area contributed by atoms with Gasteiger partial charge in [-0.3, -0.25) is 0 Å². The van der Waals surface area contributed by atoms with E-state index in [0.717, 1.165) is 25.0 Å². The smallest absolute Gasteiger partial charge is 0.137 e. The lowest BCUT2D eigenvalue weighted by molar-refractivity contribution is -0.146. The first-order valence-corrected chi connectivity index (χ1v) is 7.73. The van der Waals surface area contributed by atoms with Crippen molar-refractivity contribution in [1.29, 1.82) is 0 Å². The molecule has 2 unspecified atom stereocenters. The Balaban J connectivity index is 1.75. The van der Waals surface area contributed by atoms with Crippen LogP contribution in [-0.4, -0.2) is 12.2 Å². The van der Waals surface area contributed by atoms with Crippen LogP contribution in [-0.2, 0) is 4.74 Å². The van der Waals surface area contributed by atoms with Crippen molar-refractivity contribution in [2.75, 3.05) is 6.61 Å². The number of hydrogen-bond acceptors (Lipinski definition) is 2. The number of ether oxygens (including phenoxy) is 1. The first-order chi connectivity index (χ1) is 9.10. The normalized spacial score (nSPS) is 27.0. The van der Waals surface area contributed by atoms with Gasteiger partial charge in [-0.1, -0.05) is 6.07 Å². The van der Waals surface area contributed by atoms with Crippen molar-refractivity contribution in [3.8, 4) is 0 Å². The highest BCUT2D eigenvalue weighted by molar-refractivity contribution is 9.10. The highest BCUT2D eigenvalue weighted by atomic mass is 79.9. The van der Waals surface area contributed by atoms with Gasteiger partial charge >= 0.3 is 0 Å². The summed E-state index contributed by atoms with van der Waals surface area (Å²) in [6, 6.07) is 5.06. The van der Waals surface area contributed by atoms with Crippen molar-refractivity contribution in [1.82, 2.24) is 0 Å². The molecule has 1 aliphatic heterocycles. The van der Waals surface area contributed by atoms with Crippen molar-refractivity contribution in [2.24, 2.45) is 11.7 Å². The third-order valence-corrected chi connectivity index (χ3v) is 5.24. The molecule has 2 N–H and O–H groups in total. The highest BCUT2D eigenvalue weighted by Gasteiger charge is 2.43. The summed E-state index contributed by atoms with van der Waals surface area (Å²) in [7, 11) is 0. The fourth-order valence-corrected chi connectivity index (χ4v) is 3.68. The molecule has 1 heterocycles. The van der Waals surface area contributed by atoms with E-state index in [4.69, 9.17) is 10.5 Å². The molecule has 1 aromatic rings. The molecular formula is C15H19BrFNO. The van der Waals surface area contributed by atoms with Gasteiger partial charge in [0.25, 0.3) is 0 Å². The van der Waals surface area contributed by atoms with Crippen LogP contribution in [0.25, 0.3) is 0 Å². The van der Waals surface area contributed by atoms with Gasteiger partial charge in [-0.05, 0) is 71.6 Å². The summed E-state index contributed by atoms with van der Waals surface area (Å²) in [5.74, 6) is 0.199. The van der Waals surface area contributed by atoms with Crippen molar-refractivity contribution < 1.29 is 9.13 Å². The molecule has 104 valence electrons. The van der Waals surface area contributed by atoms with Crippen LogP contribution in [0.3, 0.4) is 0 Å². The lowest BCUT2D eigenvalue weighted by Crippen LogP contribution is -2.47. The van der Waals surface area contributed by atoms with Gasteiger partial charge in [0.1, 0.15) is 5.82 Å². The molecule has 19 heavy (non-hydrogen) atoms. The highest BCUT2D eigenvalue weighted by Crippen LogP contribution is 2.46. The monoisotopic (exact) mass is 327 g/mol. The molecule has 2 nitrogen and oxygen atoms in total.